The molecule has 0 radical (unpaired) electrons. The first-order chi connectivity index (χ1) is 14.8. The van der Waals surface area contributed by atoms with Gasteiger partial charge in [-0.2, -0.15) is 0 Å². The molecule has 0 aliphatic heterocycles. The molecule has 0 spiro atoms. The molecule has 0 atom stereocenters. The number of rotatable bonds is 5. The number of thiophene rings is 1. The lowest BCUT2D eigenvalue weighted by Crippen LogP contribution is -2.34. The molecular weight excluding hydrogens is 447 g/mol. The first-order valence-electron chi connectivity index (χ1n) is 8.98. The molecule has 0 saturated heterocycles. The first-order valence-corrected chi connectivity index (χ1v) is 10.6. The number of hydrogen-bond acceptors (Lipinski definition) is 5. The number of nitrogens with one attached hydrogen (secondary N) is 1. The summed E-state index contributed by atoms with van der Waals surface area (Å²) in [5, 5.41) is 2.93. The maximum Gasteiger partial charge on any atom is 0.264 e. The number of halogens is 3. The molecule has 0 unspecified atom stereocenters. The van der Waals surface area contributed by atoms with Crippen molar-refractivity contribution >= 4 is 50.4 Å². The number of carbonyl (C=O) groups is 2. The molecule has 2 aromatic carbocycles. The normalized spacial score (nSPS) is 11.0. The predicted octanol–water partition coefficient (Wildman–Crippen LogP) is 5.15. The number of carbonyl (C=O) groups excluding carboxylic acids is 2. The fraction of sp³-hybridized carbons (Fsp3) is 0.0952. The number of likely N-dealkylation sites (N-methyl/N-ethyl adjacent to an activating group) is 1. The average Bonchev–Trinajstić information content (AvgIpc) is 3.40. The zero-order valence-electron chi connectivity index (χ0n) is 16.0. The van der Waals surface area contributed by atoms with Crippen molar-refractivity contribution in [3.63, 3.8) is 0 Å². The minimum atomic E-state index is -1.68. The molecule has 0 aliphatic rings. The Morgan fingerprint density at radius 2 is 1.77 bits per heavy atom. The van der Waals surface area contributed by atoms with Gasteiger partial charge in [0, 0.05) is 7.05 Å². The van der Waals surface area contributed by atoms with E-state index >= 15 is 0 Å². The third kappa shape index (κ3) is 4.30. The van der Waals surface area contributed by atoms with Crippen molar-refractivity contribution < 1.29 is 22.8 Å². The average molecular weight is 461 g/mol. The predicted molar refractivity (Wildman–Crippen MR) is 115 cm³/mol. The van der Waals surface area contributed by atoms with Gasteiger partial charge in [0.1, 0.15) is 5.01 Å². The zero-order valence-corrected chi connectivity index (χ0v) is 17.6. The van der Waals surface area contributed by atoms with Gasteiger partial charge in [-0.1, -0.05) is 12.1 Å². The van der Waals surface area contributed by atoms with Crippen LogP contribution in [0.3, 0.4) is 0 Å². The van der Waals surface area contributed by atoms with Crippen molar-refractivity contribution in [2.24, 2.45) is 0 Å². The lowest BCUT2D eigenvalue weighted by atomic mass is 10.2. The van der Waals surface area contributed by atoms with Gasteiger partial charge in [0.15, 0.2) is 17.5 Å². The third-order valence-electron chi connectivity index (χ3n) is 4.36. The van der Waals surface area contributed by atoms with Crippen molar-refractivity contribution in [1.82, 2.24) is 9.88 Å². The van der Waals surface area contributed by atoms with E-state index in [9.17, 15) is 22.8 Å². The Morgan fingerprint density at radius 1 is 1.00 bits per heavy atom. The highest BCUT2D eigenvalue weighted by Gasteiger charge is 2.20. The zero-order chi connectivity index (χ0) is 22.1. The smallest absolute Gasteiger partial charge is 0.264 e. The number of fused-ring (bicyclic) bond motifs is 1. The maximum atomic E-state index is 13.7. The van der Waals surface area contributed by atoms with Gasteiger partial charge in [-0.05, 0) is 36.4 Å². The van der Waals surface area contributed by atoms with E-state index in [1.54, 1.807) is 12.1 Å². The fourth-order valence-electron chi connectivity index (χ4n) is 2.83. The number of anilines is 1. The summed E-state index contributed by atoms with van der Waals surface area (Å²) < 4.78 is 41.0. The van der Waals surface area contributed by atoms with E-state index in [4.69, 9.17) is 0 Å². The van der Waals surface area contributed by atoms with Crippen LogP contribution in [0.15, 0.2) is 48.5 Å². The lowest BCUT2D eigenvalue weighted by molar-refractivity contribution is -0.116. The van der Waals surface area contributed by atoms with Crippen molar-refractivity contribution in [2.75, 3.05) is 18.9 Å². The van der Waals surface area contributed by atoms with E-state index in [1.807, 2.05) is 24.3 Å². The van der Waals surface area contributed by atoms with Crippen molar-refractivity contribution in [3.05, 3.63) is 70.9 Å². The quantitative estimate of drug-likeness (QED) is 0.418. The Hall–Kier alpha value is -3.24. The Balaban J connectivity index is 1.44. The van der Waals surface area contributed by atoms with E-state index in [-0.39, 0.29) is 0 Å². The van der Waals surface area contributed by atoms with Crippen molar-refractivity contribution in [1.29, 1.82) is 0 Å². The summed E-state index contributed by atoms with van der Waals surface area (Å²) in [6.07, 6.45) is 0. The maximum absolute atomic E-state index is 13.7. The van der Waals surface area contributed by atoms with Gasteiger partial charge in [0.05, 0.1) is 32.2 Å². The van der Waals surface area contributed by atoms with Crippen LogP contribution in [0.5, 0.6) is 0 Å². The minimum absolute atomic E-state index is 0.397. The van der Waals surface area contributed by atoms with Gasteiger partial charge < -0.3 is 10.2 Å². The van der Waals surface area contributed by atoms with Gasteiger partial charge in [0.25, 0.3) is 5.91 Å². The number of amides is 2. The van der Waals surface area contributed by atoms with Gasteiger partial charge in [-0.15, -0.1) is 22.7 Å². The van der Waals surface area contributed by atoms with Crippen LogP contribution in [0.1, 0.15) is 9.67 Å². The summed E-state index contributed by atoms with van der Waals surface area (Å²) in [4.78, 5) is 31.8. The second kappa shape index (κ2) is 8.48. The summed E-state index contributed by atoms with van der Waals surface area (Å²) in [5.41, 5.74) is 0.376. The molecule has 4 aromatic rings. The molecular formula is C21H14F3N3O2S2. The Morgan fingerprint density at radius 3 is 2.55 bits per heavy atom. The first kappa shape index (κ1) is 21.0. The lowest BCUT2D eigenvalue weighted by Gasteiger charge is -2.16. The van der Waals surface area contributed by atoms with E-state index in [2.05, 4.69) is 10.3 Å². The molecule has 0 bridgehead atoms. The number of thiazole rings is 1. The molecule has 5 nitrogen and oxygen atoms in total. The third-order valence-corrected chi connectivity index (χ3v) is 6.64. The highest BCUT2D eigenvalue weighted by Crippen LogP contribution is 2.34. The van der Waals surface area contributed by atoms with Crippen LogP contribution in [0, 0.1) is 17.5 Å². The molecule has 31 heavy (non-hydrogen) atoms. The number of benzene rings is 2. The number of para-hydroxylation sites is 1. The van der Waals surface area contributed by atoms with E-state index in [0.29, 0.717) is 10.9 Å². The number of aromatic nitrogens is 1. The number of hydrogen-bond donors (Lipinski definition) is 1. The fourth-order valence-corrected chi connectivity index (χ4v) is 4.85. The SMILES string of the molecule is CN(CC(=O)Nc1ccc(F)c(F)c1F)C(=O)c1ccc(-c2nc3ccccc3s2)s1. The van der Waals surface area contributed by atoms with Crippen LogP contribution in [-0.2, 0) is 4.79 Å². The molecule has 2 heterocycles. The molecule has 10 heteroatoms. The van der Waals surface area contributed by atoms with Gasteiger partial charge in [-0.25, -0.2) is 18.2 Å². The molecule has 4 rings (SSSR count). The second-order valence-electron chi connectivity index (χ2n) is 6.58. The monoisotopic (exact) mass is 461 g/mol. The highest BCUT2D eigenvalue weighted by atomic mass is 32.1. The van der Waals surface area contributed by atoms with Crippen LogP contribution in [-0.4, -0.2) is 35.3 Å². The van der Waals surface area contributed by atoms with E-state index in [1.165, 1.54) is 29.7 Å². The molecule has 2 aromatic heterocycles. The van der Waals surface area contributed by atoms with Gasteiger partial charge in [0.2, 0.25) is 5.91 Å². The van der Waals surface area contributed by atoms with Gasteiger partial charge in [-0.3, -0.25) is 9.59 Å². The van der Waals surface area contributed by atoms with Gasteiger partial charge >= 0.3 is 0 Å². The van der Waals surface area contributed by atoms with E-state index in [0.717, 1.165) is 31.1 Å². The van der Waals surface area contributed by atoms with Crippen LogP contribution in [0.2, 0.25) is 0 Å². The van der Waals surface area contributed by atoms with Crippen molar-refractivity contribution in [2.45, 2.75) is 0 Å². The van der Waals surface area contributed by atoms with Crippen molar-refractivity contribution in [3.8, 4) is 9.88 Å². The summed E-state index contributed by atoms with van der Waals surface area (Å²) >= 11 is 2.77. The summed E-state index contributed by atoms with van der Waals surface area (Å²) in [5.74, 6) is -5.68. The van der Waals surface area contributed by atoms with Crippen LogP contribution >= 0.6 is 22.7 Å². The molecule has 0 saturated carbocycles. The molecule has 0 fully saturated rings. The standard InChI is InChI=1S/C21H14F3N3O2S2/c1-27(10-17(28)25-13-7-6-11(22)18(23)19(13)24)21(29)16-9-8-15(30-16)20-26-12-4-2-3-5-14(12)31-20/h2-9H,10H2,1H3,(H,25,28). The topological polar surface area (TPSA) is 62.3 Å². The molecule has 2 amide bonds. The number of nitrogens with zero attached hydrogens (tertiary/aromatic N) is 2. The Kier molecular flexibility index (Phi) is 5.75. The highest BCUT2D eigenvalue weighted by molar-refractivity contribution is 7.26. The van der Waals surface area contributed by atoms with Crippen LogP contribution < -0.4 is 5.32 Å². The molecule has 158 valence electrons. The largest absolute Gasteiger partial charge is 0.332 e. The van der Waals surface area contributed by atoms with E-state index < -0.39 is 41.5 Å². The minimum Gasteiger partial charge on any atom is -0.332 e. The van der Waals surface area contributed by atoms with Crippen LogP contribution in [0.4, 0.5) is 18.9 Å². The Labute approximate surface area is 182 Å². The summed E-state index contributed by atoms with van der Waals surface area (Å²) in [6, 6.07) is 12.8. The summed E-state index contributed by atoms with van der Waals surface area (Å²) in [7, 11) is 1.42. The molecule has 0 aliphatic carbocycles. The Bertz CT molecular complexity index is 1270. The molecule has 1 N–H and O–H groups in total. The summed E-state index contributed by atoms with van der Waals surface area (Å²) in [6.45, 7) is -0.397. The van der Waals surface area contributed by atoms with Crippen LogP contribution in [0.25, 0.3) is 20.1 Å². The second-order valence-corrected chi connectivity index (χ2v) is 8.70.